The first-order valence-corrected chi connectivity index (χ1v) is 5.48. The molecule has 0 amide bonds. The molecule has 2 rings (SSSR count). The summed E-state index contributed by atoms with van der Waals surface area (Å²) in [6, 6.07) is 0. The van der Waals surface area contributed by atoms with Crippen molar-refractivity contribution in [2.24, 2.45) is 0 Å². The van der Waals surface area contributed by atoms with Crippen molar-refractivity contribution in [3.05, 3.63) is 11.9 Å². The van der Waals surface area contributed by atoms with Crippen molar-refractivity contribution >= 4 is 11.6 Å². The van der Waals surface area contributed by atoms with E-state index in [-0.39, 0.29) is 0 Å². The highest BCUT2D eigenvalue weighted by Crippen LogP contribution is 2.15. The number of rotatable bonds is 4. The van der Waals surface area contributed by atoms with Crippen LogP contribution in [0.3, 0.4) is 0 Å². The summed E-state index contributed by atoms with van der Waals surface area (Å²) in [5.74, 6) is 0.430. The summed E-state index contributed by atoms with van der Waals surface area (Å²) in [4.78, 5) is 0. The Morgan fingerprint density at radius 3 is 3.21 bits per heavy atom. The van der Waals surface area contributed by atoms with E-state index in [1.165, 1.54) is 12.8 Å². The molecule has 0 spiro atoms. The quantitative estimate of drug-likeness (QED) is 0.717. The van der Waals surface area contributed by atoms with Gasteiger partial charge in [-0.3, -0.25) is 4.68 Å². The molecule has 0 saturated carbocycles. The molecule has 14 heavy (non-hydrogen) atoms. The number of hydrogen-bond acceptors (Lipinski definition) is 3. The molecule has 1 aromatic heterocycles. The molecule has 5 heteroatoms. The number of aromatic nitrogens is 3. The molecular weight excluding hydrogens is 202 g/mol. The minimum atomic E-state index is 0.415. The summed E-state index contributed by atoms with van der Waals surface area (Å²) in [5, 5.41) is 7.89. The van der Waals surface area contributed by atoms with Crippen molar-refractivity contribution in [2.45, 2.75) is 37.8 Å². The van der Waals surface area contributed by atoms with Crippen molar-refractivity contribution in [3.8, 4) is 0 Å². The highest BCUT2D eigenvalue weighted by molar-refractivity contribution is 6.16. The number of nitrogens with zero attached hydrogens (tertiary/aromatic N) is 3. The molecular formula is C9H14ClN3O. The average molecular weight is 216 g/mol. The maximum Gasteiger partial charge on any atom is 0.0974 e. The maximum atomic E-state index is 5.63. The van der Waals surface area contributed by atoms with Crippen molar-refractivity contribution in [2.75, 3.05) is 6.61 Å². The zero-order valence-electron chi connectivity index (χ0n) is 8.03. The second-order valence-electron chi connectivity index (χ2n) is 3.53. The van der Waals surface area contributed by atoms with Crippen LogP contribution in [-0.4, -0.2) is 27.7 Å². The van der Waals surface area contributed by atoms with Crippen LogP contribution in [0.5, 0.6) is 0 Å². The maximum absolute atomic E-state index is 5.63. The SMILES string of the molecule is ClCc1cn(CCC2CCCO2)nn1. The molecule has 0 aliphatic carbocycles. The van der Waals surface area contributed by atoms with Crippen LogP contribution >= 0.6 is 11.6 Å². The Bertz CT molecular complexity index is 283. The third-order valence-corrected chi connectivity index (χ3v) is 2.70. The van der Waals surface area contributed by atoms with Gasteiger partial charge in [0.05, 0.1) is 17.7 Å². The highest BCUT2D eigenvalue weighted by Gasteiger charge is 2.15. The van der Waals surface area contributed by atoms with E-state index in [2.05, 4.69) is 10.3 Å². The summed E-state index contributed by atoms with van der Waals surface area (Å²) < 4.78 is 7.35. The van der Waals surface area contributed by atoms with E-state index < -0.39 is 0 Å². The van der Waals surface area contributed by atoms with Gasteiger partial charge in [-0.2, -0.15) is 0 Å². The van der Waals surface area contributed by atoms with E-state index in [1.54, 1.807) is 0 Å². The molecule has 1 aliphatic rings. The molecule has 1 unspecified atom stereocenters. The number of hydrogen-bond donors (Lipinski definition) is 0. The van der Waals surface area contributed by atoms with Crippen LogP contribution in [0.2, 0.25) is 0 Å². The van der Waals surface area contributed by atoms with Crippen LogP contribution in [-0.2, 0) is 17.2 Å². The van der Waals surface area contributed by atoms with Gasteiger partial charge in [-0.05, 0) is 19.3 Å². The van der Waals surface area contributed by atoms with Crippen LogP contribution < -0.4 is 0 Å². The van der Waals surface area contributed by atoms with Gasteiger partial charge in [0.2, 0.25) is 0 Å². The van der Waals surface area contributed by atoms with Crippen molar-refractivity contribution in [1.82, 2.24) is 15.0 Å². The lowest BCUT2D eigenvalue weighted by atomic mass is 10.2. The molecule has 0 aromatic carbocycles. The van der Waals surface area contributed by atoms with Gasteiger partial charge in [0.25, 0.3) is 0 Å². The molecule has 1 fully saturated rings. The summed E-state index contributed by atoms with van der Waals surface area (Å²) in [5.41, 5.74) is 0.832. The Morgan fingerprint density at radius 2 is 2.57 bits per heavy atom. The van der Waals surface area contributed by atoms with E-state index in [1.807, 2.05) is 10.9 Å². The zero-order valence-corrected chi connectivity index (χ0v) is 8.78. The predicted octanol–water partition coefficient (Wildman–Crippen LogP) is 1.59. The van der Waals surface area contributed by atoms with Gasteiger partial charge < -0.3 is 4.74 Å². The normalized spacial score (nSPS) is 21.6. The molecule has 4 nitrogen and oxygen atoms in total. The van der Waals surface area contributed by atoms with Gasteiger partial charge in [-0.25, -0.2) is 0 Å². The van der Waals surface area contributed by atoms with E-state index >= 15 is 0 Å². The monoisotopic (exact) mass is 215 g/mol. The fraction of sp³-hybridized carbons (Fsp3) is 0.778. The first kappa shape index (κ1) is 9.93. The number of halogens is 1. The number of aryl methyl sites for hydroxylation is 1. The van der Waals surface area contributed by atoms with Gasteiger partial charge in [0, 0.05) is 19.3 Å². The van der Waals surface area contributed by atoms with E-state index in [9.17, 15) is 0 Å². The van der Waals surface area contributed by atoms with E-state index in [0.29, 0.717) is 12.0 Å². The Kier molecular flexibility index (Phi) is 3.37. The fourth-order valence-electron chi connectivity index (χ4n) is 1.66. The molecule has 1 atom stereocenters. The van der Waals surface area contributed by atoms with Crippen molar-refractivity contribution in [3.63, 3.8) is 0 Å². The van der Waals surface area contributed by atoms with Gasteiger partial charge >= 0.3 is 0 Å². The van der Waals surface area contributed by atoms with Gasteiger partial charge in [-0.15, -0.1) is 16.7 Å². The Balaban J connectivity index is 1.79. The standard InChI is InChI=1S/C9H14ClN3O/c10-6-8-7-13(12-11-8)4-3-9-2-1-5-14-9/h7,9H,1-6H2. The Hall–Kier alpha value is -0.610. The molecule has 2 heterocycles. The minimum Gasteiger partial charge on any atom is -0.378 e. The lowest BCUT2D eigenvalue weighted by Crippen LogP contribution is -2.10. The average Bonchev–Trinajstić information content (AvgIpc) is 2.86. The number of ether oxygens (including phenoxy) is 1. The topological polar surface area (TPSA) is 39.9 Å². The molecule has 1 aliphatic heterocycles. The van der Waals surface area contributed by atoms with Crippen LogP contribution in [0.4, 0.5) is 0 Å². The summed E-state index contributed by atoms with van der Waals surface area (Å²) in [7, 11) is 0. The fourth-order valence-corrected chi connectivity index (χ4v) is 1.78. The smallest absolute Gasteiger partial charge is 0.0974 e. The molecule has 0 radical (unpaired) electrons. The second-order valence-corrected chi connectivity index (χ2v) is 3.80. The van der Waals surface area contributed by atoms with E-state index in [4.69, 9.17) is 16.3 Å². The number of alkyl halides is 1. The van der Waals surface area contributed by atoms with Crippen LogP contribution in [0.25, 0.3) is 0 Å². The van der Waals surface area contributed by atoms with Crippen LogP contribution in [0.15, 0.2) is 6.20 Å². The molecule has 1 saturated heterocycles. The summed E-state index contributed by atoms with van der Waals surface area (Å²) >= 11 is 5.63. The third kappa shape index (κ3) is 2.45. The lowest BCUT2D eigenvalue weighted by Gasteiger charge is -2.07. The van der Waals surface area contributed by atoms with Crippen molar-refractivity contribution < 1.29 is 4.74 Å². The largest absolute Gasteiger partial charge is 0.378 e. The Labute approximate surface area is 88.2 Å². The van der Waals surface area contributed by atoms with Gasteiger partial charge in [-0.1, -0.05) is 5.21 Å². The summed E-state index contributed by atoms with van der Waals surface area (Å²) in [6.07, 6.45) is 5.69. The second kappa shape index (κ2) is 4.75. The van der Waals surface area contributed by atoms with Crippen molar-refractivity contribution in [1.29, 1.82) is 0 Å². The lowest BCUT2D eigenvalue weighted by molar-refractivity contribution is 0.0993. The highest BCUT2D eigenvalue weighted by atomic mass is 35.5. The van der Waals surface area contributed by atoms with E-state index in [0.717, 1.165) is 25.3 Å². The molecule has 78 valence electrons. The van der Waals surface area contributed by atoms with Crippen LogP contribution in [0.1, 0.15) is 25.0 Å². The van der Waals surface area contributed by atoms with Gasteiger partial charge in [0.1, 0.15) is 0 Å². The third-order valence-electron chi connectivity index (χ3n) is 2.43. The first-order chi connectivity index (χ1) is 6.88. The summed E-state index contributed by atoms with van der Waals surface area (Å²) in [6.45, 7) is 1.78. The predicted molar refractivity (Wildman–Crippen MR) is 53.2 cm³/mol. The minimum absolute atomic E-state index is 0.415. The molecule has 1 aromatic rings. The zero-order chi connectivity index (χ0) is 9.80. The first-order valence-electron chi connectivity index (χ1n) is 4.95. The van der Waals surface area contributed by atoms with Crippen LogP contribution in [0, 0.1) is 0 Å². The molecule has 0 bridgehead atoms. The Morgan fingerprint density at radius 1 is 1.64 bits per heavy atom. The molecule has 0 N–H and O–H groups in total. The van der Waals surface area contributed by atoms with Gasteiger partial charge in [0.15, 0.2) is 0 Å².